The summed E-state index contributed by atoms with van der Waals surface area (Å²) in [5.74, 6) is 0. The van der Waals surface area contributed by atoms with Crippen LogP contribution in [0.1, 0.15) is 11.1 Å². The van der Waals surface area contributed by atoms with Crippen molar-refractivity contribution in [3.05, 3.63) is 60.7 Å². The molecule has 18 heavy (non-hydrogen) atoms. The molecule has 0 fully saturated rings. The average molecular weight is 327 g/mol. The molecule has 0 aliphatic rings. The Hall–Kier alpha value is -1.24. The van der Waals surface area contributed by atoms with Gasteiger partial charge in [-0.3, -0.25) is 10.1 Å². The molecule has 1 heterocycles. The van der Waals surface area contributed by atoms with E-state index < -0.39 is 0 Å². The molecule has 2 rings (SSSR count). The molecule has 0 amide bonds. The Kier molecular flexibility index (Phi) is 4.46. The molecule has 0 atom stereocenters. The van der Waals surface area contributed by atoms with Gasteiger partial charge < -0.3 is 5.32 Å². The molecule has 0 saturated carbocycles. The number of benzene rings is 1. The number of hydrogen-bond donors (Lipinski definition) is 1. The van der Waals surface area contributed by atoms with E-state index in [1.54, 1.807) is 17.4 Å². The fraction of sp³-hybridized carbons (Fsp3) is 0.167. The number of nitro groups is 1. The Labute approximate surface area is 117 Å². The van der Waals surface area contributed by atoms with Gasteiger partial charge in [-0.1, -0.05) is 12.1 Å². The van der Waals surface area contributed by atoms with Crippen molar-refractivity contribution in [2.24, 2.45) is 0 Å². The van der Waals surface area contributed by atoms with Crippen LogP contribution in [-0.2, 0) is 13.1 Å². The normalized spacial score (nSPS) is 10.5. The number of nitrogens with zero attached hydrogens (tertiary/aromatic N) is 1. The number of nitro benzene ring substituents is 1. The molecular formula is C12H11BrN2O2S. The minimum Gasteiger partial charge on any atom is -0.309 e. The lowest BCUT2D eigenvalue weighted by molar-refractivity contribution is -0.385. The smallest absolute Gasteiger partial charge is 0.283 e. The summed E-state index contributed by atoms with van der Waals surface area (Å²) in [6.07, 6.45) is 0. The van der Waals surface area contributed by atoms with Gasteiger partial charge in [0.25, 0.3) is 5.69 Å². The maximum absolute atomic E-state index is 10.8. The van der Waals surface area contributed by atoms with Crippen molar-refractivity contribution in [1.29, 1.82) is 0 Å². The molecule has 6 heteroatoms. The van der Waals surface area contributed by atoms with Gasteiger partial charge in [0.05, 0.1) is 9.40 Å². The number of nitrogens with one attached hydrogen (secondary N) is 1. The Morgan fingerprint density at radius 2 is 2.17 bits per heavy atom. The first-order chi connectivity index (χ1) is 8.68. The van der Waals surface area contributed by atoms with Gasteiger partial charge >= 0.3 is 0 Å². The largest absolute Gasteiger partial charge is 0.309 e. The second-order valence-corrected chi connectivity index (χ2v) is 5.32. The molecule has 4 nitrogen and oxygen atoms in total. The zero-order valence-electron chi connectivity index (χ0n) is 9.43. The molecule has 94 valence electrons. The highest BCUT2D eigenvalue weighted by molar-refractivity contribution is 9.10. The maximum Gasteiger partial charge on any atom is 0.283 e. The molecule has 0 aliphatic carbocycles. The maximum atomic E-state index is 10.8. The summed E-state index contributed by atoms with van der Waals surface area (Å²) in [5.41, 5.74) is 2.21. The predicted octanol–water partition coefficient (Wildman–Crippen LogP) is 3.71. The molecule has 2 aromatic rings. The second-order valence-electron chi connectivity index (χ2n) is 3.74. The van der Waals surface area contributed by atoms with E-state index in [0.29, 0.717) is 11.0 Å². The van der Waals surface area contributed by atoms with Crippen LogP contribution in [0.2, 0.25) is 0 Å². The van der Waals surface area contributed by atoms with Gasteiger partial charge in [-0.15, -0.1) is 0 Å². The predicted molar refractivity (Wildman–Crippen MR) is 75.7 cm³/mol. The first-order valence-corrected chi connectivity index (χ1v) is 7.05. The van der Waals surface area contributed by atoms with Crippen LogP contribution in [0.25, 0.3) is 0 Å². The topological polar surface area (TPSA) is 55.2 Å². The molecular weight excluding hydrogens is 316 g/mol. The highest BCUT2D eigenvalue weighted by Crippen LogP contribution is 2.28. The molecule has 0 radical (unpaired) electrons. The van der Waals surface area contributed by atoms with Gasteiger partial charge in [0.15, 0.2) is 0 Å². The number of hydrogen-bond acceptors (Lipinski definition) is 4. The summed E-state index contributed by atoms with van der Waals surface area (Å²) in [6.45, 7) is 1.36. The molecule has 1 aromatic heterocycles. The molecule has 1 aromatic carbocycles. The van der Waals surface area contributed by atoms with Crippen LogP contribution in [0, 0.1) is 10.1 Å². The van der Waals surface area contributed by atoms with E-state index in [0.717, 1.165) is 12.1 Å². The SMILES string of the molecule is O=[N+]([O-])c1cccc(CNCc2ccsc2)c1Br. The molecule has 0 aliphatic heterocycles. The lowest BCUT2D eigenvalue weighted by atomic mass is 10.2. The summed E-state index contributed by atoms with van der Waals surface area (Å²) in [4.78, 5) is 10.4. The first-order valence-electron chi connectivity index (χ1n) is 5.32. The highest BCUT2D eigenvalue weighted by atomic mass is 79.9. The third kappa shape index (κ3) is 3.16. The second kappa shape index (κ2) is 6.08. The van der Waals surface area contributed by atoms with Gasteiger partial charge in [0.2, 0.25) is 0 Å². The molecule has 0 bridgehead atoms. The van der Waals surface area contributed by atoms with Crippen LogP contribution in [-0.4, -0.2) is 4.92 Å². The summed E-state index contributed by atoms with van der Waals surface area (Å²) in [7, 11) is 0. The summed E-state index contributed by atoms with van der Waals surface area (Å²) in [6, 6.07) is 7.12. The Morgan fingerprint density at radius 1 is 1.33 bits per heavy atom. The van der Waals surface area contributed by atoms with Crippen molar-refractivity contribution in [2.45, 2.75) is 13.1 Å². The third-order valence-electron chi connectivity index (χ3n) is 2.48. The first kappa shape index (κ1) is 13.2. The number of halogens is 1. The van der Waals surface area contributed by atoms with Crippen molar-refractivity contribution in [3.63, 3.8) is 0 Å². The van der Waals surface area contributed by atoms with E-state index in [1.165, 1.54) is 11.6 Å². The quantitative estimate of drug-likeness (QED) is 0.673. The Bertz CT molecular complexity index is 543. The van der Waals surface area contributed by atoms with E-state index in [1.807, 2.05) is 11.4 Å². The van der Waals surface area contributed by atoms with Gasteiger partial charge in [0.1, 0.15) is 0 Å². The van der Waals surface area contributed by atoms with Crippen LogP contribution in [0.3, 0.4) is 0 Å². The lowest BCUT2D eigenvalue weighted by Crippen LogP contribution is -2.12. The van der Waals surface area contributed by atoms with Crippen LogP contribution in [0.5, 0.6) is 0 Å². The fourth-order valence-electron chi connectivity index (χ4n) is 1.58. The molecule has 0 spiro atoms. The zero-order valence-corrected chi connectivity index (χ0v) is 11.8. The molecule has 1 N–H and O–H groups in total. The van der Waals surface area contributed by atoms with Crippen LogP contribution >= 0.6 is 27.3 Å². The fourth-order valence-corrected chi connectivity index (χ4v) is 2.80. The summed E-state index contributed by atoms with van der Waals surface area (Å²) in [5, 5.41) is 18.2. The molecule has 0 unspecified atom stereocenters. The van der Waals surface area contributed by atoms with Crippen molar-refractivity contribution in [2.75, 3.05) is 0 Å². The van der Waals surface area contributed by atoms with Crippen molar-refractivity contribution in [1.82, 2.24) is 5.32 Å². The lowest BCUT2D eigenvalue weighted by Gasteiger charge is -2.06. The highest BCUT2D eigenvalue weighted by Gasteiger charge is 2.14. The minimum atomic E-state index is -0.382. The van der Waals surface area contributed by atoms with Gasteiger partial charge in [0, 0.05) is 19.2 Å². The standard InChI is InChI=1S/C12H11BrN2O2S/c13-12-10(2-1-3-11(12)15(16)17)7-14-6-9-4-5-18-8-9/h1-5,8,14H,6-7H2. The molecule has 0 saturated heterocycles. The van der Waals surface area contributed by atoms with E-state index in [9.17, 15) is 10.1 Å². The summed E-state index contributed by atoms with van der Waals surface area (Å²) < 4.78 is 0.549. The van der Waals surface area contributed by atoms with Crippen LogP contribution < -0.4 is 5.32 Å². The van der Waals surface area contributed by atoms with Crippen molar-refractivity contribution >= 4 is 33.0 Å². The van der Waals surface area contributed by atoms with Gasteiger partial charge in [-0.25, -0.2) is 0 Å². The zero-order chi connectivity index (χ0) is 13.0. The van der Waals surface area contributed by atoms with Gasteiger partial charge in [-0.2, -0.15) is 11.3 Å². The summed E-state index contributed by atoms with van der Waals surface area (Å²) >= 11 is 4.94. The minimum absolute atomic E-state index is 0.102. The van der Waals surface area contributed by atoms with Crippen molar-refractivity contribution in [3.8, 4) is 0 Å². The monoisotopic (exact) mass is 326 g/mol. The van der Waals surface area contributed by atoms with Crippen LogP contribution in [0.15, 0.2) is 39.5 Å². The number of thiophene rings is 1. The van der Waals surface area contributed by atoms with Gasteiger partial charge in [-0.05, 0) is 43.9 Å². The average Bonchev–Trinajstić information content (AvgIpc) is 2.84. The number of rotatable bonds is 5. The van der Waals surface area contributed by atoms with E-state index in [2.05, 4.69) is 32.7 Å². The van der Waals surface area contributed by atoms with E-state index in [-0.39, 0.29) is 10.6 Å². The van der Waals surface area contributed by atoms with E-state index in [4.69, 9.17) is 0 Å². The van der Waals surface area contributed by atoms with Crippen molar-refractivity contribution < 1.29 is 4.92 Å². The third-order valence-corrected chi connectivity index (χ3v) is 4.13. The Balaban J connectivity index is 2.01. The van der Waals surface area contributed by atoms with E-state index >= 15 is 0 Å². The van der Waals surface area contributed by atoms with Crippen LogP contribution in [0.4, 0.5) is 5.69 Å². The Morgan fingerprint density at radius 3 is 2.83 bits per heavy atom.